The second-order valence-electron chi connectivity index (χ2n) is 8.13. The standard InChI is InChI=1S/C27H30N2O5/c1-18-8-7-9-20(14-18)28-27(30)29-13-12-19-15-25(32-3)26(33-4)16-21(19)22(29)17-34-24-11-6-5-10-23(24)31-2/h5-11,14-16,22H,12-13,17H2,1-4H3,(H,28,30). The molecule has 34 heavy (non-hydrogen) atoms. The first-order valence-electron chi connectivity index (χ1n) is 11.2. The molecule has 7 nitrogen and oxygen atoms in total. The third kappa shape index (κ3) is 4.88. The van der Waals surface area contributed by atoms with Gasteiger partial charge >= 0.3 is 6.03 Å². The van der Waals surface area contributed by atoms with E-state index >= 15 is 0 Å². The second kappa shape index (κ2) is 10.4. The van der Waals surface area contributed by atoms with Gasteiger partial charge in [0.25, 0.3) is 0 Å². The van der Waals surface area contributed by atoms with Gasteiger partial charge in [-0.3, -0.25) is 0 Å². The van der Waals surface area contributed by atoms with Gasteiger partial charge in [0.1, 0.15) is 6.61 Å². The number of ether oxygens (including phenoxy) is 4. The Morgan fingerprint density at radius 2 is 1.62 bits per heavy atom. The first kappa shape index (κ1) is 23.3. The molecule has 0 aliphatic carbocycles. The van der Waals surface area contributed by atoms with Crippen molar-refractivity contribution in [2.75, 3.05) is 39.8 Å². The number of carbonyl (C=O) groups excluding carboxylic acids is 1. The number of urea groups is 1. The molecule has 3 aromatic rings. The number of carbonyl (C=O) groups is 1. The average molecular weight is 463 g/mol. The van der Waals surface area contributed by atoms with Crippen LogP contribution in [0, 0.1) is 6.92 Å². The van der Waals surface area contributed by atoms with Gasteiger partial charge in [-0.25, -0.2) is 4.79 Å². The van der Waals surface area contributed by atoms with Crippen LogP contribution in [0.3, 0.4) is 0 Å². The Hall–Kier alpha value is -3.87. The molecule has 1 aliphatic heterocycles. The molecule has 4 rings (SSSR count). The zero-order valence-corrected chi connectivity index (χ0v) is 20.0. The summed E-state index contributed by atoms with van der Waals surface area (Å²) in [5.41, 5.74) is 3.91. The molecule has 0 aromatic heterocycles. The van der Waals surface area contributed by atoms with Gasteiger partial charge in [0, 0.05) is 12.2 Å². The minimum absolute atomic E-state index is 0.181. The van der Waals surface area contributed by atoms with Gasteiger partial charge in [0.05, 0.1) is 27.4 Å². The quantitative estimate of drug-likeness (QED) is 0.521. The highest BCUT2D eigenvalue weighted by Gasteiger charge is 2.33. The molecular formula is C27H30N2O5. The highest BCUT2D eigenvalue weighted by molar-refractivity contribution is 5.90. The molecule has 1 heterocycles. The van der Waals surface area contributed by atoms with Crippen molar-refractivity contribution < 1.29 is 23.7 Å². The van der Waals surface area contributed by atoms with Crippen molar-refractivity contribution in [2.24, 2.45) is 0 Å². The fourth-order valence-corrected chi connectivity index (χ4v) is 4.28. The van der Waals surface area contributed by atoms with E-state index < -0.39 is 0 Å². The Kier molecular flexibility index (Phi) is 7.11. The number of fused-ring (bicyclic) bond motifs is 1. The van der Waals surface area contributed by atoms with Crippen molar-refractivity contribution in [3.8, 4) is 23.0 Å². The summed E-state index contributed by atoms with van der Waals surface area (Å²) in [4.78, 5) is 15.2. The van der Waals surface area contributed by atoms with E-state index in [9.17, 15) is 4.79 Å². The van der Waals surface area contributed by atoms with Crippen LogP contribution in [0.5, 0.6) is 23.0 Å². The molecule has 2 amide bonds. The number of methoxy groups -OCH3 is 3. The minimum atomic E-state index is -0.335. The summed E-state index contributed by atoms with van der Waals surface area (Å²) in [5, 5.41) is 3.04. The van der Waals surface area contributed by atoms with Crippen LogP contribution < -0.4 is 24.3 Å². The molecule has 7 heteroatoms. The van der Waals surface area contributed by atoms with Crippen molar-refractivity contribution in [1.82, 2.24) is 4.90 Å². The zero-order valence-electron chi connectivity index (χ0n) is 20.0. The number of aryl methyl sites for hydroxylation is 1. The van der Waals surface area contributed by atoms with Crippen LogP contribution in [0.4, 0.5) is 10.5 Å². The number of rotatable bonds is 7. The lowest BCUT2D eigenvalue weighted by atomic mass is 9.92. The molecule has 0 spiro atoms. The van der Waals surface area contributed by atoms with Crippen molar-refractivity contribution >= 4 is 11.7 Å². The molecule has 1 atom stereocenters. The van der Waals surface area contributed by atoms with Crippen molar-refractivity contribution in [2.45, 2.75) is 19.4 Å². The van der Waals surface area contributed by atoms with Gasteiger partial charge in [-0.2, -0.15) is 0 Å². The summed E-state index contributed by atoms with van der Waals surface area (Å²) in [6.45, 7) is 2.79. The highest BCUT2D eigenvalue weighted by atomic mass is 16.5. The molecule has 0 saturated heterocycles. The summed E-state index contributed by atoms with van der Waals surface area (Å²) >= 11 is 0. The van der Waals surface area contributed by atoms with E-state index in [4.69, 9.17) is 18.9 Å². The molecule has 3 aromatic carbocycles. The van der Waals surface area contributed by atoms with Gasteiger partial charge in [0.15, 0.2) is 23.0 Å². The summed E-state index contributed by atoms with van der Waals surface area (Å²) in [6, 6.07) is 18.7. The molecule has 1 aliphatic rings. The molecule has 178 valence electrons. The maximum absolute atomic E-state index is 13.4. The predicted octanol–water partition coefficient (Wildman–Crippen LogP) is 5.23. The Morgan fingerprint density at radius 3 is 2.32 bits per heavy atom. The normalized spacial score (nSPS) is 14.7. The van der Waals surface area contributed by atoms with Crippen LogP contribution in [-0.4, -0.2) is 45.4 Å². The molecule has 0 bridgehead atoms. The van der Waals surface area contributed by atoms with Crippen LogP contribution >= 0.6 is 0 Å². The first-order valence-corrected chi connectivity index (χ1v) is 11.2. The van der Waals surface area contributed by atoms with E-state index in [1.807, 2.05) is 72.5 Å². The van der Waals surface area contributed by atoms with E-state index in [2.05, 4.69) is 5.32 Å². The van der Waals surface area contributed by atoms with E-state index in [1.54, 1.807) is 21.3 Å². The number of hydrogen-bond acceptors (Lipinski definition) is 5. The van der Waals surface area contributed by atoms with Gasteiger partial charge in [-0.1, -0.05) is 24.3 Å². The van der Waals surface area contributed by atoms with E-state index in [0.29, 0.717) is 36.0 Å². The lowest BCUT2D eigenvalue weighted by molar-refractivity contribution is 0.142. The second-order valence-corrected chi connectivity index (χ2v) is 8.13. The smallest absolute Gasteiger partial charge is 0.322 e. The summed E-state index contributed by atoms with van der Waals surface area (Å²) < 4.78 is 22.7. The predicted molar refractivity (Wildman–Crippen MR) is 131 cm³/mol. The number of benzene rings is 3. The van der Waals surface area contributed by atoms with Crippen LogP contribution in [0.2, 0.25) is 0 Å². The Labute approximate surface area is 200 Å². The van der Waals surface area contributed by atoms with Gasteiger partial charge < -0.3 is 29.2 Å². The van der Waals surface area contributed by atoms with E-state index in [0.717, 1.165) is 22.4 Å². The molecule has 0 fully saturated rings. The number of hydrogen-bond donors (Lipinski definition) is 1. The van der Waals surface area contributed by atoms with Crippen molar-refractivity contribution in [3.63, 3.8) is 0 Å². The van der Waals surface area contributed by atoms with E-state index in [-0.39, 0.29) is 18.7 Å². The third-order valence-corrected chi connectivity index (χ3v) is 6.00. The fourth-order valence-electron chi connectivity index (χ4n) is 4.28. The van der Waals surface area contributed by atoms with Crippen LogP contribution in [0.25, 0.3) is 0 Å². The topological polar surface area (TPSA) is 69.3 Å². The number of anilines is 1. The lowest BCUT2D eigenvalue weighted by Gasteiger charge is -2.37. The average Bonchev–Trinajstić information content (AvgIpc) is 2.86. The fraction of sp³-hybridized carbons (Fsp3) is 0.296. The molecule has 0 radical (unpaired) electrons. The number of nitrogens with zero attached hydrogens (tertiary/aromatic N) is 1. The van der Waals surface area contributed by atoms with Gasteiger partial charge in [0.2, 0.25) is 0 Å². The molecule has 0 saturated carbocycles. The van der Waals surface area contributed by atoms with Crippen molar-refractivity contribution in [1.29, 1.82) is 0 Å². The molecular weight excluding hydrogens is 432 g/mol. The molecule has 1 unspecified atom stereocenters. The van der Waals surface area contributed by atoms with Gasteiger partial charge in [-0.15, -0.1) is 0 Å². The maximum atomic E-state index is 13.4. The number of nitrogens with one attached hydrogen (secondary N) is 1. The van der Waals surface area contributed by atoms with Crippen LogP contribution in [-0.2, 0) is 6.42 Å². The maximum Gasteiger partial charge on any atom is 0.322 e. The summed E-state index contributed by atoms with van der Waals surface area (Å²) in [5.74, 6) is 2.55. The summed E-state index contributed by atoms with van der Waals surface area (Å²) in [6.07, 6.45) is 0.697. The SMILES string of the molecule is COc1cc2c(cc1OC)C(COc1ccccc1OC)N(C(=O)Nc1cccc(C)c1)CC2. The first-order chi connectivity index (χ1) is 16.5. The monoisotopic (exact) mass is 462 g/mol. The Balaban J connectivity index is 1.66. The number of amides is 2. The van der Waals surface area contributed by atoms with Crippen molar-refractivity contribution in [3.05, 3.63) is 77.4 Å². The largest absolute Gasteiger partial charge is 0.493 e. The molecule has 1 N–H and O–H groups in total. The van der Waals surface area contributed by atoms with E-state index in [1.165, 1.54) is 0 Å². The third-order valence-electron chi connectivity index (χ3n) is 6.00. The number of para-hydroxylation sites is 2. The van der Waals surface area contributed by atoms with Crippen LogP contribution in [0.1, 0.15) is 22.7 Å². The highest BCUT2D eigenvalue weighted by Crippen LogP contribution is 2.39. The summed E-state index contributed by atoms with van der Waals surface area (Å²) in [7, 11) is 4.84. The van der Waals surface area contributed by atoms with Crippen LogP contribution in [0.15, 0.2) is 60.7 Å². The van der Waals surface area contributed by atoms with Gasteiger partial charge in [-0.05, 0) is 66.4 Å². The lowest BCUT2D eigenvalue weighted by Crippen LogP contribution is -2.44. The zero-order chi connectivity index (χ0) is 24.1. The Bertz CT molecular complexity index is 1160. The Morgan fingerprint density at radius 1 is 0.912 bits per heavy atom. The minimum Gasteiger partial charge on any atom is -0.493 e.